The van der Waals surface area contributed by atoms with Gasteiger partial charge in [0.2, 0.25) is 11.8 Å². The lowest BCUT2D eigenvalue weighted by Gasteiger charge is -2.33. The normalized spacial score (nSPS) is 19.8. The molecule has 23 heavy (non-hydrogen) atoms. The van der Waals surface area contributed by atoms with Crippen LogP contribution in [0.4, 0.5) is 5.69 Å². The highest BCUT2D eigenvalue weighted by atomic mass is 16.3. The average molecular weight is 318 g/mol. The minimum atomic E-state index is -0.679. The van der Waals surface area contributed by atoms with E-state index in [1.165, 1.54) is 0 Å². The Labute approximate surface area is 137 Å². The Bertz CT molecular complexity index is 554. The van der Waals surface area contributed by atoms with Crippen molar-refractivity contribution in [2.24, 2.45) is 5.92 Å². The minimum absolute atomic E-state index is 0.0202. The van der Waals surface area contributed by atoms with Gasteiger partial charge in [-0.1, -0.05) is 31.5 Å². The largest absolute Gasteiger partial charge is 0.392 e. The Hall–Kier alpha value is -1.88. The summed E-state index contributed by atoms with van der Waals surface area (Å²) in [5.74, 6) is -0.324. The fraction of sp³-hybridized carbons (Fsp3) is 0.556. The molecular formula is C18H26N2O3. The van der Waals surface area contributed by atoms with E-state index in [-0.39, 0.29) is 24.2 Å². The number of carbonyl (C=O) groups is 2. The maximum absolute atomic E-state index is 12.6. The van der Waals surface area contributed by atoms with E-state index in [0.29, 0.717) is 13.0 Å². The summed E-state index contributed by atoms with van der Waals surface area (Å²) >= 11 is 0. The SMILES string of the molecule is Cc1ccc(N2CCCC(NC(=O)CC(O)C(C)C)C2=O)cc1. The number of benzene rings is 1. The van der Waals surface area contributed by atoms with Crippen LogP contribution in [0.25, 0.3) is 0 Å². The fourth-order valence-electron chi connectivity index (χ4n) is 2.67. The van der Waals surface area contributed by atoms with E-state index < -0.39 is 12.1 Å². The number of anilines is 1. The van der Waals surface area contributed by atoms with Gasteiger partial charge in [0.05, 0.1) is 12.5 Å². The van der Waals surface area contributed by atoms with Crippen molar-refractivity contribution in [3.05, 3.63) is 29.8 Å². The molecule has 1 saturated heterocycles. The predicted molar refractivity (Wildman–Crippen MR) is 90.2 cm³/mol. The summed E-state index contributed by atoms with van der Waals surface area (Å²) in [4.78, 5) is 26.4. The number of aliphatic hydroxyl groups excluding tert-OH is 1. The van der Waals surface area contributed by atoms with E-state index in [1.54, 1.807) is 4.90 Å². The van der Waals surface area contributed by atoms with Crippen LogP contribution >= 0.6 is 0 Å². The van der Waals surface area contributed by atoms with Crippen molar-refractivity contribution < 1.29 is 14.7 Å². The zero-order valence-electron chi connectivity index (χ0n) is 14.1. The van der Waals surface area contributed by atoms with E-state index in [4.69, 9.17) is 0 Å². The number of nitrogens with one attached hydrogen (secondary N) is 1. The molecule has 0 saturated carbocycles. The molecular weight excluding hydrogens is 292 g/mol. The maximum atomic E-state index is 12.6. The van der Waals surface area contributed by atoms with E-state index in [9.17, 15) is 14.7 Å². The van der Waals surface area contributed by atoms with Crippen molar-refractivity contribution in [3.63, 3.8) is 0 Å². The van der Waals surface area contributed by atoms with Gasteiger partial charge in [0.15, 0.2) is 0 Å². The van der Waals surface area contributed by atoms with E-state index in [2.05, 4.69) is 5.32 Å². The van der Waals surface area contributed by atoms with E-state index in [0.717, 1.165) is 17.7 Å². The van der Waals surface area contributed by atoms with Gasteiger partial charge in [0, 0.05) is 12.2 Å². The Morgan fingerprint density at radius 2 is 2.00 bits per heavy atom. The topological polar surface area (TPSA) is 69.6 Å². The third-order valence-electron chi connectivity index (χ3n) is 4.28. The summed E-state index contributed by atoms with van der Waals surface area (Å²) in [6.07, 6.45) is 0.843. The van der Waals surface area contributed by atoms with Gasteiger partial charge in [0.1, 0.15) is 6.04 Å². The lowest BCUT2D eigenvalue weighted by molar-refractivity contribution is -0.129. The monoisotopic (exact) mass is 318 g/mol. The molecule has 0 aliphatic carbocycles. The van der Waals surface area contributed by atoms with Gasteiger partial charge in [-0.15, -0.1) is 0 Å². The first-order valence-electron chi connectivity index (χ1n) is 8.24. The standard InChI is InChI=1S/C18H26N2O3/c1-12(2)16(21)11-17(22)19-15-5-4-10-20(18(15)23)14-8-6-13(3)7-9-14/h6-9,12,15-16,21H,4-5,10-11H2,1-3H3,(H,19,22). The van der Waals surface area contributed by atoms with Gasteiger partial charge in [-0.25, -0.2) is 0 Å². The molecule has 1 aliphatic heterocycles. The first-order valence-corrected chi connectivity index (χ1v) is 8.24. The third-order valence-corrected chi connectivity index (χ3v) is 4.28. The number of piperidine rings is 1. The summed E-state index contributed by atoms with van der Waals surface area (Å²) in [5, 5.41) is 12.6. The Kier molecular flexibility index (Phi) is 5.77. The van der Waals surface area contributed by atoms with Gasteiger partial charge in [-0.3, -0.25) is 9.59 Å². The van der Waals surface area contributed by atoms with Crippen LogP contribution in [0.2, 0.25) is 0 Å². The molecule has 0 spiro atoms. The van der Waals surface area contributed by atoms with Gasteiger partial charge in [-0.05, 0) is 37.8 Å². The molecule has 5 heteroatoms. The van der Waals surface area contributed by atoms with Crippen molar-refractivity contribution in [2.75, 3.05) is 11.4 Å². The number of hydrogen-bond acceptors (Lipinski definition) is 3. The smallest absolute Gasteiger partial charge is 0.249 e. The van der Waals surface area contributed by atoms with E-state index in [1.807, 2.05) is 45.0 Å². The quantitative estimate of drug-likeness (QED) is 0.872. The molecule has 1 aromatic carbocycles. The molecule has 1 fully saturated rings. The highest BCUT2D eigenvalue weighted by Gasteiger charge is 2.31. The van der Waals surface area contributed by atoms with Crippen LogP contribution in [-0.2, 0) is 9.59 Å². The number of aryl methyl sites for hydroxylation is 1. The fourth-order valence-corrected chi connectivity index (χ4v) is 2.67. The molecule has 126 valence electrons. The summed E-state index contributed by atoms with van der Waals surface area (Å²) in [6.45, 7) is 6.40. The number of aliphatic hydroxyl groups is 1. The van der Waals surface area contributed by atoms with Crippen LogP contribution in [0.3, 0.4) is 0 Å². The number of amides is 2. The molecule has 0 radical (unpaired) electrons. The van der Waals surface area contributed by atoms with Gasteiger partial charge >= 0.3 is 0 Å². The Morgan fingerprint density at radius 1 is 1.35 bits per heavy atom. The van der Waals surface area contributed by atoms with Gasteiger partial charge < -0.3 is 15.3 Å². The number of nitrogens with zero attached hydrogens (tertiary/aromatic N) is 1. The average Bonchev–Trinajstić information content (AvgIpc) is 2.50. The highest BCUT2D eigenvalue weighted by molar-refractivity contribution is 5.99. The Morgan fingerprint density at radius 3 is 2.61 bits per heavy atom. The first-order chi connectivity index (χ1) is 10.9. The van der Waals surface area contributed by atoms with Crippen LogP contribution < -0.4 is 10.2 Å². The lowest BCUT2D eigenvalue weighted by Crippen LogP contribution is -2.52. The molecule has 1 aliphatic rings. The number of rotatable bonds is 5. The lowest BCUT2D eigenvalue weighted by atomic mass is 10.0. The van der Waals surface area contributed by atoms with Crippen LogP contribution in [0, 0.1) is 12.8 Å². The molecule has 2 atom stereocenters. The summed E-state index contributed by atoms with van der Waals surface area (Å²) in [7, 11) is 0. The van der Waals surface area contributed by atoms with Crippen molar-refractivity contribution in [3.8, 4) is 0 Å². The molecule has 0 aromatic heterocycles. The van der Waals surface area contributed by atoms with E-state index >= 15 is 0 Å². The van der Waals surface area contributed by atoms with Gasteiger partial charge in [-0.2, -0.15) is 0 Å². The minimum Gasteiger partial charge on any atom is -0.392 e. The predicted octanol–water partition coefficient (Wildman–Crippen LogP) is 2.01. The first kappa shape index (κ1) is 17.5. The zero-order chi connectivity index (χ0) is 17.0. The molecule has 2 N–H and O–H groups in total. The second-order valence-corrected chi connectivity index (χ2v) is 6.60. The van der Waals surface area contributed by atoms with Crippen molar-refractivity contribution >= 4 is 17.5 Å². The van der Waals surface area contributed by atoms with Crippen molar-refractivity contribution in [2.45, 2.75) is 52.2 Å². The van der Waals surface area contributed by atoms with Gasteiger partial charge in [0.25, 0.3) is 0 Å². The molecule has 1 heterocycles. The van der Waals surface area contributed by atoms with Crippen LogP contribution in [0.15, 0.2) is 24.3 Å². The summed E-state index contributed by atoms with van der Waals surface area (Å²) in [5.41, 5.74) is 2.01. The molecule has 5 nitrogen and oxygen atoms in total. The highest BCUT2D eigenvalue weighted by Crippen LogP contribution is 2.21. The maximum Gasteiger partial charge on any atom is 0.249 e. The molecule has 2 amide bonds. The second kappa shape index (κ2) is 7.59. The summed E-state index contributed by atoms with van der Waals surface area (Å²) in [6, 6.07) is 7.31. The zero-order valence-corrected chi connectivity index (χ0v) is 14.1. The summed E-state index contributed by atoms with van der Waals surface area (Å²) < 4.78 is 0. The third kappa shape index (κ3) is 4.55. The molecule has 2 rings (SSSR count). The van der Waals surface area contributed by atoms with Crippen LogP contribution in [-0.4, -0.2) is 35.6 Å². The molecule has 2 unspecified atom stereocenters. The molecule has 0 bridgehead atoms. The molecule has 1 aromatic rings. The number of hydrogen-bond donors (Lipinski definition) is 2. The van der Waals surface area contributed by atoms with Crippen LogP contribution in [0.1, 0.15) is 38.7 Å². The van der Waals surface area contributed by atoms with Crippen molar-refractivity contribution in [1.29, 1.82) is 0 Å². The number of carbonyl (C=O) groups excluding carboxylic acids is 2. The van der Waals surface area contributed by atoms with Crippen LogP contribution in [0.5, 0.6) is 0 Å². The second-order valence-electron chi connectivity index (χ2n) is 6.60. The Balaban J connectivity index is 1.99. The van der Waals surface area contributed by atoms with Crippen molar-refractivity contribution in [1.82, 2.24) is 5.32 Å².